The van der Waals surface area contributed by atoms with Crippen molar-refractivity contribution in [2.24, 2.45) is 0 Å². The van der Waals surface area contributed by atoms with E-state index in [1.165, 1.54) is 17.0 Å². The van der Waals surface area contributed by atoms with Gasteiger partial charge in [0, 0.05) is 17.1 Å². The van der Waals surface area contributed by atoms with E-state index >= 15 is 0 Å². The smallest absolute Gasteiger partial charge is 0.264 e. The summed E-state index contributed by atoms with van der Waals surface area (Å²) in [5.74, 6) is -0.862. The summed E-state index contributed by atoms with van der Waals surface area (Å²) in [7, 11) is -4.16. The summed E-state index contributed by atoms with van der Waals surface area (Å²) in [6.07, 6.45) is 0.731. The van der Waals surface area contributed by atoms with Gasteiger partial charge in [-0.05, 0) is 62.2 Å². The number of hydrogen-bond donors (Lipinski definition) is 1. The fourth-order valence-electron chi connectivity index (χ4n) is 3.72. The highest BCUT2D eigenvalue weighted by atomic mass is 79.9. The lowest BCUT2D eigenvalue weighted by Crippen LogP contribution is -2.52. The fraction of sp³-hybridized carbons (Fsp3) is 0.286. The molecule has 2 amide bonds. The molecule has 202 valence electrons. The lowest BCUT2D eigenvalue weighted by atomic mass is 10.1. The molecule has 0 saturated heterocycles. The highest BCUT2D eigenvalue weighted by molar-refractivity contribution is 9.10. The van der Waals surface area contributed by atoms with Crippen molar-refractivity contribution in [1.29, 1.82) is 0 Å². The summed E-state index contributed by atoms with van der Waals surface area (Å²) in [6, 6.07) is 20.8. The Balaban J connectivity index is 2.02. The first kappa shape index (κ1) is 29.7. The van der Waals surface area contributed by atoms with Gasteiger partial charge in [-0.1, -0.05) is 76.9 Å². The summed E-state index contributed by atoms with van der Waals surface area (Å²) in [6.45, 7) is 5.05. The zero-order valence-corrected chi connectivity index (χ0v) is 24.6. The average Bonchev–Trinajstić information content (AvgIpc) is 2.91. The lowest BCUT2D eigenvalue weighted by Gasteiger charge is -2.32. The molecule has 3 aromatic rings. The van der Waals surface area contributed by atoms with Crippen molar-refractivity contribution in [1.82, 2.24) is 10.2 Å². The quantitative estimate of drug-likeness (QED) is 0.301. The molecule has 0 fully saturated rings. The van der Waals surface area contributed by atoms with Gasteiger partial charge in [0.2, 0.25) is 11.8 Å². The van der Waals surface area contributed by atoms with Crippen LogP contribution in [0.3, 0.4) is 0 Å². The number of sulfonamides is 1. The van der Waals surface area contributed by atoms with Gasteiger partial charge in [-0.2, -0.15) is 0 Å². The number of nitrogens with one attached hydrogen (secondary N) is 1. The van der Waals surface area contributed by atoms with Crippen molar-refractivity contribution in [3.05, 3.63) is 93.9 Å². The van der Waals surface area contributed by atoms with Crippen LogP contribution in [0.1, 0.15) is 32.8 Å². The van der Waals surface area contributed by atoms with E-state index in [4.69, 9.17) is 11.6 Å². The van der Waals surface area contributed by atoms with E-state index in [0.29, 0.717) is 0 Å². The Bertz CT molecular complexity index is 1350. The SMILES string of the molecule is CC[C@@H](C)NC(=O)[C@@H](C)N(Cc1ccc(Br)cc1)C(=O)CN(c1ccccc1Cl)S(=O)(=O)c1ccccc1. The molecule has 0 heterocycles. The highest BCUT2D eigenvalue weighted by Crippen LogP contribution is 2.30. The number of carbonyl (C=O) groups is 2. The molecule has 0 aliphatic rings. The Labute approximate surface area is 238 Å². The second-order valence-electron chi connectivity index (χ2n) is 8.92. The molecule has 0 unspecified atom stereocenters. The maximum absolute atomic E-state index is 13.9. The van der Waals surface area contributed by atoms with Crippen molar-refractivity contribution in [2.75, 3.05) is 10.8 Å². The van der Waals surface area contributed by atoms with Gasteiger partial charge >= 0.3 is 0 Å². The molecule has 3 rings (SSSR count). The van der Waals surface area contributed by atoms with Crippen LogP contribution in [0.4, 0.5) is 5.69 Å². The third kappa shape index (κ3) is 7.36. The monoisotopic (exact) mass is 619 g/mol. The van der Waals surface area contributed by atoms with E-state index in [-0.39, 0.29) is 34.1 Å². The first-order valence-corrected chi connectivity index (χ1v) is 14.8. The summed E-state index contributed by atoms with van der Waals surface area (Å²) < 4.78 is 29.4. The molecule has 10 heteroatoms. The van der Waals surface area contributed by atoms with Gasteiger partial charge in [0.15, 0.2) is 0 Å². The third-order valence-corrected chi connectivity index (χ3v) is 8.79. The van der Waals surface area contributed by atoms with E-state index < -0.39 is 28.5 Å². The number of rotatable bonds is 11. The predicted octanol–water partition coefficient (Wildman–Crippen LogP) is 5.63. The van der Waals surface area contributed by atoms with Crippen LogP contribution in [-0.2, 0) is 26.2 Å². The Morgan fingerprint density at radius 3 is 2.16 bits per heavy atom. The lowest BCUT2D eigenvalue weighted by molar-refractivity contribution is -0.139. The van der Waals surface area contributed by atoms with Gasteiger partial charge in [-0.3, -0.25) is 13.9 Å². The summed E-state index contributed by atoms with van der Waals surface area (Å²) >= 11 is 9.81. The number of anilines is 1. The molecular weight excluding hydrogens is 590 g/mol. The number of para-hydroxylation sites is 1. The zero-order valence-electron chi connectivity index (χ0n) is 21.5. The third-order valence-electron chi connectivity index (χ3n) is 6.17. The largest absolute Gasteiger partial charge is 0.352 e. The Kier molecular flexibility index (Phi) is 10.4. The molecular formula is C28H31BrClN3O4S. The standard InChI is InChI=1S/C28H31BrClN3O4S/c1-4-20(2)31-28(35)21(3)32(18-22-14-16-23(29)17-15-22)27(34)19-33(26-13-9-8-12-25(26)30)38(36,37)24-10-6-5-7-11-24/h5-17,20-21H,4,18-19H2,1-3H3,(H,31,35)/t20-,21-/m1/s1. The van der Waals surface area contributed by atoms with Crippen LogP contribution in [0.15, 0.2) is 88.2 Å². The van der Waals surface area contributed by atoms with Crippen LogP contribution in [0.5, 0.6) is 0 Å². The fourth-order valence-corrected chi connectivity index (χ4v) is 5.73. The Morgan fingerprint density at radius 1 is 0.947 bits per heavy atom. The van der Waals surface area contributed by atoms with E-state index in [9.17, 15) is 18.0 Å². The van der Waals surface area contributed by atoms with Gasteiger partial charge in [-0.25, -0.2) is 8.42 Å². The van der Waals surface area contributed by atoms with Crippen LogP contribution >= 0.6 is 27.5 Å². The van der Waals surface area contributed by atoms with Gasteiger partial charge in [-0.15, -0.1) is 0 Å². The molecule has 1 N–H and O–H groups in total. The Hall–Kier alpha value is -2.88. The van der Waals surface area contributed by atoms with Gasteiger partial charge in [0.1, 0.15) is 12.6 Å². The van der Waals surface area contributed by atoms with Crippen LogP contribution in [0, 0.1) is 0 Å². The van der Waals surface area contributed by atoms with Crippen LogP contribution in [0.2, 0.25) is 5.02 Å². The van der Waals surface area contributed by atoms with Crippen LogP contribution in [0.25, 0.3) is 0 Å². The normalized spacial score (nSPS) is 12.9. The maximum Gasteiger partial charge on any atom is 0.264 e. The van der Waals surface area contributed by atoms with Crippen molar-refractivity contribution < 1.29 is 18.0 Å². The second kappa shape index (κ2) is 13.3. The molecule has 0 spiro atoms. The Morgan fingerprint density at radius 2 is 1.55 bits per heavy atom. The number of benzene rings is 3. The summed E-state index contributed by atoms with van der Waals surface area (Å²) in [4.78, 5) is 28.4. The first-order chi connectivity index (χ1) is 18.0. The molecule has 0 radical (unpaired) electrons. The molecule has 0 saturated carbocycles. The molecule has 3 aromatic carbocycles. The van der Waals surface area contributed by atoms with Gasteiger partial charge < -0.3 is 10.2 Å². The minimum Gasteiger partial charge on any atom is -0.352 e. The number of carbonyl (C=O) groups excluding carboxylic acids is 2. The highest BCUT2D eigenvalue weighted by Gasteiger charge is 2.33. The predicted molar refractivity (Wildman–Crippen MR) is 154 cm³/mol. The molecule has 0 aliphatic heterocycles. The maximum atomic E-state index is 13.9. The van der Waals surface area contributed by atoms with Crippen LogP contribution < -0.4 is 9.62 Å². The summed E-state index contributed by atoms with van der Waals surface area (Å²) in [5, 5.41) is 3.10. The van der Waals surface area contributed by atoms with Gasteiger partial charge in [0.25, 0.3) is 10.0 Å². The summed E-state index contributed by atoms with van der Waals surface area (Å²) in [5.41, 5.74) is 0.964. The van der Waals surface area contributed by atoms with Crippen molar-refractivity contribution in [2.45, 2.75) is 50.7 Å². The number of halogens is 2. The first-order valence-electron chi connectivity index (χ1n) is 12.2. The van der Waals surface area contributed by atoms with Crippen molar-refractivity contribution >= 4 is 55.1 Å². The van der Waals surface area contributed by atoms with E-state index in [2.05, 4.69) is 21.2 Å². The zero-order chi connectivity index (χ0) is 27.9. The van der Waals surface area contributed by atoms with E-state index in [1.54, 1.807) is 49.4 Å². The van der Waals surface area contributed by atoms with Crippen molar-refractivity contribution in [3.63, 3.8) is 0 Å². The van der Waals surface area contributed by atoms with Crippen molar-refractivity contribution in [3.8, 4) is 0 Å². The van der Waals surface area contributed by atoms with E-state index in [1.807, 2.05) is 38.1 Å². The van der Waals surface area contributed by atoms with Gasteiger partial charge in [0.05, 0.1) is 15.6 Å². The molecule has 38 heavy (non-hydrogen) atoms. The number of nitrogens with zero attached hydrogens (tertiary/aromatic N) is 2. The molecule has 7 nitrogen and oxygen atoms in total. The molecule has 2 atom stereocenters. The number of amides is 2. The molecule has 0 aromatic heterocycles. The minimum atomic E-state index is -4.16. The average molecular weight is 621 g/mol. The molecule has 0 aliphatic carbocycles. The second-order valence-corrected chi connectivity index (χ2v) is 12.1. The van der Waals surface area contributed by atoms with E-state index in [0.717, 1.165) is 20.8 Å². The minimum absolute atomic E-state index is 0.0229. The molecule has 0 bridgehead atoms. The number of hydrogen-bond acceptors (Lipinski definition) is 4. The van der Waals surface area contributed by atoms with Crippen LogP contribution in [-0.4, -0.2) is 43.8 Å². The topological polar surface area (TPSA) is 86.8 Å².